The van der Waals surface area contributed by atoms with Gasteiger partial charge in [-0.1, -0.05) is 48.0 Å². The van der Waals surface area contributed by atoms with Gasteiger partial charge in [-0.05, 0) is 48.7 Å². The summed E-state index contributed by atoms with van der Waals surface area (Å²) >= 11 is 14.1. The highest BCUT2D eigenvalue weighted by Gasteiger charge is 2.11. The topological polar surface area (TPSA) is 15.8 Å². The molecule has 0 aliphatic heterocycles. The molecule has 21 heavy (non-hydrogen) atoms. The van der Waals surface area contributed by atoms with Crippen LogP contribution in [0.25, 0.3) is 10.9 Å². The number of hydrogen-bond donors (Lipinski definition) is 1. The van der Waals surface area contributed by atoms with Crippen LogP contribution >= 0.6 is 35.0 Å². The molecule has 0 saturated carbocycles. The summed E-state index contributed by atoms with van der Waals surface area (Å²) in [6.45, 7) is 3.93. The van der Waals surface area contributed by atoms with Crippen LogP contribution in [0.3, 0.4) is 0 Å². The Balaban J connectivity index is 2.03. The number of nitrogens with one attached hydrogen (secondary N) is 1. The van der Waals surface area contributed by atoms with Gasteiger partial charge < -0.3 is 4.98 Å². The zero-order chi connectivity index (χ0) is 14.8. The first-order valence-corrected chi connectivity index (χ1v) is 8.27. The van der Waals surface area contributed by atoms with Crippen LogP contribution in [-0.2, 0) is 6.42 Å². The highest BCUT2D eigenvalue weighted by atomic mass is 35.5. The Morgan fingerprint density at radius 1 is 1.10 bits per heavy atom. The monoisotopic (exact) mass is 334 g/mol. The number of aromatic nitrogens is 1. The molecule has 107 valence electrons. The molecule has 3 rings (SSSR count). The number of aryl methyl sites for hydroxylation is 1. The highest BCUT2D eigenvalue weighted by Crippen LogP contribution is 2.39. The smallest absolute Gasteiger partial charge is 0.0511 e. The normalized spacial score (nSPS) is 11.2. The van der Waals surface area contributed by atoms with Crippen molar-refractivity contribution in [2.75, 3.05) is 0 Å². The Morgan fingerprint density at radius 3 is 2.76 bits per heavy atom. The molecule has 0 bridgehead atoms. The van der Waals surface area contributed by atoms with E-state index < -0.39 is 0 Å². The molecule has 0 unspecified atom stereocenters. The van der Waals surface area contributed by atoms with E-state index in [9.17, 15) is 0 Å². The van der Waals surface area contributed by atoms with Crippen molar-refractivity contribution in [2.24, 2.45) is 0 Å². The van der Waals surface area contributed by atoms with E-state index in [2.05, 4.69) is 18.0 Å². The van der Waals surface area contributed by atoms with E-state index in [0.717, 1.165) is 38.7 Å². The first kappa shape index (κ1) is 14.8. The Hall–Kier alpha value is -1.09. The third kappa shape index (κ3) is 3.08. The average molecular weight is 335 g/mol. The molecule has 1 N–H and O–H groups in total. The summed E-state index contributed by atoms with van der Waals surface area (Å²) in [4.78, 5) is 5.59. The Bertz CT molecular complexity index is 780. The van der Waals surface area contributed by atoms with Crippen LogP contribution in [-0.4, -0.2) is 4.98 Å². The molecule has 3 aromatic rings. The van der Waals surface area contributed by atoms with Crippen molar-refractivity contribution in [1.82, 2.24) is 4.98 Å². The van der Waals surface area contributed by atoms with Crippen LogP contribution in [0.1, 0.15) is 12.0 Å². The van der Waals surface area contributed by atoms with E-state index in [0.29, 0.717) is 0 Å². The summed E-state index contributed by atoms with van der Waals surface area (Å²) in [6.07, 6.45) is 3.77. The van der Waals surface area contributed by atoms with Gasteiger partial charge in [0.25, 0.3) is 0 Å². The number of rotatable bonds is 4. The number of halogens is 2. The lowest BCUT2D eigenvalue weighted by molar-refractivity contribution is 0.968. The quantitative estimate of drug-likeness (QED) is 0.584. The maximum Gasteiger partial charge on any atom is 0.0511 e. The fraction of sp³-hybridized carbons (Fsp3) is 0.118. The molecule has 0 saturated heterocycles. The van der Waals surface area contributed by atoms with Gasteiger partial charge in [0.15, 0.2) is 0 Å². The first-order chi connectivity index (χ1) is 10.2. The van der Waals surface area contributed by atoms with E-state index in [1.54, 1.807) is 11.8 Å². The van der Waals surface area contributed by atoms with Gasteiger partial charge in [-0.15, -0.1) is 0 Å². The predicted octanol–water partition coefficient (Wildman–Crippen LogP) is 6.39. The molecule has 1 radical (unpaired) electrons. The first-order valence-electron chi connectivity index (χ1n) is 6.70. The number of fused-ring (bicyclic) bond motifs is 1. The summed E-state index contributed by atoms with van der Waals surface area (Å²) in [5.41, 5.74) is 2.28. The van der Waals surface area contributed by atoms with Crippen molar-refractivity contribution in [1.29, 1.82) is 0 Å². The SMILES string of the molecule is [CH2]CCc1cc(Cl)ccc1Sc1c[nH]c2cccc(Cl)c12. The standard InChI is InChI=1S/C17H14Cl2NS/c1-2-4-11-9-12(18)7-8-15(11)21-16-10-20-14-6-3-5-13(19)17(14)16/h3,5-10,20H,1-2,4H2. The van der Waals surface area contributed by atoms with Gasteiger partial charge in [0.1, 0.15) is 0 Å². The third-order valence-corrected chi connectivity index (χ3v) is 5.02. The Labute approximate surface area is 138 Å². The fourth-order valence-corrected chi connectivity index (χ4v) is 3.97. The van der Waals surface area contributed by atoms with Gasteiger partial charge in [0.2, 0.25) is 0 Å². The second-order valence-electron chi connectivity index (χ2n) is 4.77. The van der Waals surface area contributed by atoms with Crippen molar-refractivity contribution >= 4 is 45.9 Å². The zero-order valence-corrected chi connectivity index (χ0v) is 13.7. The van der Waals surface area contributed by atoms with Crippen LogP contribution < -0.4 is 0 Å². The van der Waals surface area contributed by atoms with E-state index in [1.165, 1.54) is 10.5 Å². The van der Waals surface area contributed by atoms with Gasteiger partial charge >= 0.3 is 0 Å². The summed E-state index contributed by atoms with van der Waals surface area (Å²) in [5.74, 6) is 0. The molecule has 0 spiro atoms. The summed E-state index contributed by atoms with van der Waals surface area (Å²) < 4.78 is 0. The van der Waals surface area contributed by atoms with Crippen molar-refractivity contribution in [3.8, 4) is 0 Å². The lowest BCUT2D eigenvalue weighted by atomic mass is 10.1. The molecular weight excluding hydrogens is 321 g/mol. The van der Waals surface area contributed by atoms with Crippen molar-refractivity contribution in [3.63, 3.8) is 0 Å². The van der Waals surface area contributed by atoms with Crippen LogP contribution in [0.5, 0.6) is 0 Å². The number of benzene rings is 2. The van der Waals surface area contributed by atoms with Gasteiger partial charge in [0.05, 0.1) is 5.02 Å². The maximum absolute atomic E-state index is 6.33. The second-order valence-corrected chi connectivity index (χ2v) is 6.70. The zero-order valence-electron chi connectivity index (χ0n) is 11.3. The number of hydrogen-bond acceptors (Lipinski definition) is 1. The summed E-state index contributed by atoms with van der Waals surface area (Å²) in [7, 11) is 0. The van der Waals surface area contributed by atoms with Gasteiger partial charge in [-0.2, -0.15) is 0 Å². The van der Waals surface area contributed by atoms with Crippen LogP contribution in [0.4, 0.5) is 0 Å². The van der Waals surface area contributed by atoms with Crippen LogP contribution in [0.15, 0.2) is 52.4 Å². The molecule has 0 aliphatic carbocycles. The lowest BCUT2D eigenvalue weighted by Gasteiger charge is -2.09. The average Bonchev–Trinajstić information content (AvgIpc) is 2.87. The molecule has 0 atom stereocenters. The minimum Gasteiger partial charge on any atom is -0.360 e. The van der Waals surface area contributed by atoms with Crippen molar-refractivity contribution in [3.05, 3.63) is 65.1 Å². The number of H-pyrrole nitrogens is 1. The molecule has 0 amide bonds. The molecular formula is C17H14Cl2NS. The molecule has 0 aliphatic rings. The third-order valence-electron chi connectivity index (χ3n) is 3.31. The largest absolute Gasteiger partial charge is 0.360 e. The molecule has 0 fully saturated rings. The molecule has 1 nitrogen and oxygen atoms in total. The van der Waals surface area contributed by atoms with E-state index in [1.807, 2.05) is 36.5 Å². The van der Waals surface area contributed by atoms with Crippen LogP contribution in [0.2, 0.25) is 10.0 Å². The van der Waals surface area contributed by atoms with E-state index >= 15 is 0 Å². The van der Waals surface area contributed by atoms with E-state index in [-0.39, 0.29) is 0 Å². The second kappa shape index (κ2) is 6.35. The maximum atomic E-state index is 6.33. The van der Waals surface area contributed by atoms with Crippen molar-refractivity contribution < 1.29 is 0 Å². The van der Waals surface area contributed by atoms with Crippen molar-refractivity contribution in [2.45, 2.75) is 22.6 Å². The summed E-state index contributed by atoms with van der Waals surface area (Å²) in [6, 6.07) is 11.9. The Kier molecular flexibility index (Phi) is 4.48. The van der Waals surface area contributed by atoms with Gasteiger partial charge in [-0.3, -0.25) is 0 Å². The minimum absolute atomic E-state index is 0.764. The minimum atomic E-state index is 0.764. The van der Waals surface area contributed by atoms with Gasteiger partial charge in [0, 0.05) is 31.9 Å². The van der Waals surface area contributed by atoms with Gasteiger partial charge in [-0.25, -0.2) is 0 Å². The number of aromatic amines is 1. The van der Waals surface area contributed by atoms with E-state index in [4.69, 9.17) is 23.2 Å². The van der Waals surface area contributed by atoms with Crippen LogP contribution in [0, 0.1) is 6.92 Å². The molecule has 4 heteroatoms. The Morgan fingerprint density at radius 2 is 1.95 bits per heavy atom. The molecule has 1 aromatic heterocycles. The lowest BCUT2D eigenvalue weighted by Crippen LogP contribution is -1.87. The highest BCUT2D eigenvalue weighted by molar-refractivity contribution is 7.99. The summed E-state index contributed by atoms with van der Waals surface area (Å²) in [5, 5.41) is 2.60. The predicted molar refractivity (Wildman–Crippen MR) is 92.6 cm³/mol. The molecule has 1 heterocycles. The fourth-order valence-electron chi connectivity index (χ4n) is 2.34. The molecule has 2 aromatic carbocycles.